The van der Waals surface area contributed by atoms with Gasteiger partial charge in [-0.05, 0) is 31.9 Å². The average Bonchev–Trinajstić information content (AvgIpc) is 2.80. The lowest BCUT2D eigenvalue weighted by Crippen LogP contribution is -2.69. The van der Waals surface area contributed by atoms with Gasteiger partial charge in [0.2, 0.25) is 11.8 Å². The molecule has 0 saturated carbocycles. The normalized spacial score (nSPS) is 23.1. The average molecular weight is 329 g/mol. The number of thiophene rings is 1. The van der Waals surface area contributed by atoms with Crippen molar-refractivity contribution in [2.24, 2.45) is 5.92 Å². The van der Waals surface area contributed by atoms with Gasteiger partial charge >= 0.3 is 0 Å². The van der Waals surface area contributed by atoms with Crippen LogP contribution in [0.4, 0.5) is 0 Å². The molecule has 1 saturated heterocycles. The minimum atomic E-state index is -0.859. The van der Waals surface area contributed by atoms with E-state index < -0.39 is 11.6 Å². The summed E-state index contributed by atoms with van der Waals surface area (Å²) in [6.07, 6.45) is 0.841. The number of hydrogen-bond donors (Lipinski definition) is 1. The summed E-state index contributed by atoms with van der Waals surface area (Å²) >= 11 is 7.41. The van der Waals surface area contributed by atoms with Crippen molar-refractivity contribution in [3.63, 3.8) is 0 Å². The molecule has 0 aliphatic carbocycles. The van der Waals surface area contributed by atoms with Crippen molar-refractivity contribution in [1.29, 1.82) is 0 Å². The number of nitrogens with zero attached hydrogens (tertiary/aromatic N) is 1. The molecule has 1 aromatic rings. The maximum atomic E-state index is 12.7. The van der Waals surface area contributed by atoms with E-state index in [-0.39, 0.29) is 17.7 Å². The largest absolute Gasteiger partial charge is 0.340 e. The molecule has 0 spiro atoms. The van der Waals surface area contributed by atoms with Gasteiger partial charge in [0, 0.05) is 4.88 Å². The van der Waals surface area contributed by atoms with Crippen LogP contribution in [0.2, 0.25) is 4.34 Å². The molecule has 0 radical (unpaired) electrons. The Hall–Kier alpha value is -1.07. The number of rotatable bonds is 4. The highest BCUT2D eigenvalue weighted by Gasteiger charge is 2.46. The lowest BCUT2D eigenvalue weighted by molar-refractivity contribution is -0.156. The van der Waals surface area contributed by atoms with Crippen molar-refractivity contribution >= 4 is 34.8 Å². The van der Waals surface area contributed by atoms with E-state index in [4.69, 9.17) is 11.6 Å². The van der Waals surface area contributed by atoms with Gasteiger partial charge < -0.3 is 10.2 Å². The molecular weight excluding hydrogens is 308 g/mol. The quantitative estimate of drug-likeness (QED) is 0.923. The lowest BCUT2D eigenvalue weighted by Gasteiger charge is -2.44. The van der Waals surface area contributed by atoms with Crippen molar-refractivity contribution in [2.75, 3.05) is 0 Å². The molecule has 21 heavy (non-hydrogen) atoms. The van der Waals surface area contributed by atoms with E-state index in [0.29, 0.717) is 10.9 Å². The third kappa shape index (κ3) is 3.24. The van der Waals surface area contributed by atoms with Crippen LogP contribution in [-0.4, -0.2) is 28.3 Å². The van der Waals surface area contributed by atoms with Gasteiger partial charge in [0.15, 0.2) is 0 Å². The van der Waals surface area contributed by atoms with E-state index in [1.807, 2.05) is 26.0 Å². The summed E-state index contributed by atoms with van der Waals surface area (Å²) in [6, 6.07) is 3.31. The first-order valence-electron chi connectivity index (χ1n) is 7.13. The Morgan fingerprint density at radius 1 is 1.43 bits per heavy atom. The third-order valence-electron chi connectivity index (χ3n) is 3.97. The fraction of sp³-hybridized carbons (Fsp3) is 0.600. The maximum absolute atomic E-state index is 12.7. The standard InChI is InChI=1S/C15H21ClN2O2S/c1-5-9(2)12-13(19)17-15(3,4)14(20)18(12)8-10-6-7-11(16)21-10/h6-7,9,12H,5,8H2,1-4H3,(H,17,19). The van der Waals surface area contributed by atoms with Gasteiger partial charge in [-0.1, -0.05) is 31.9 Å². The molecule has 2 unspecified atom stereocenters. The van der Waals surface area contributed by atoms with Crippen LogP contribution in [0.1, 0.15) is 39.0 Å². The highest BCUT2D eigenvalue weighted by molar-refractivity contribution is 7.16. The number of carbonyl (C=O) groups excluding carboxylic acids is 2. The summed E-state index contributed by atoms with van der Waals surface area (Å²) in [6.45, 7) is 7.96. The molecule has 4 nitrogen and oxygen atoms in total. The van der Waals surface area contributed by atoms with Crippen LogP contribution in [0.5, 0.6) is 0 Å². The van der Waals surface area contributed by atoms with E-state index in [0.717, 1.165) is 11.3 Å². The molecule has 116 valence electrons. The number of carbonyl (C=O) groups is 2. The smallest absolute Gasteiger partial charge is 0.248 e. The second-order valence-electron chi connectivity index (χ2n) is 6.08. The monoisotopic (exact) mass is 328 g/mol. The minimum absolute atomic E-state index is 0.0445. The Kier molecular flexibility index (Phi) is 4.63. The molecule has 0 aromatic carbocycles. The van der Waals surface area contributed by atoms with Crippen molar-refractivity contribution in [3.05, 3.63) is 21.3 Å². The van der Waals surface area contributed by atoms with Gasteiger partial charge in [0.25, 0.3) is 0 Å². The predicted octanol–water partition coefficient (Wildman–Crippen LogP) is 3.05. The molecule has 1 aromatic heterocycles. The highest BCUT2D eigenvalue weighted by Crippen LogP contribution is 2.29. The van der Waals surface area contributed by atoms with Crippen LogP contribution >= 0.6 is 22.9 Å². The number of halogens is 1. The van der Waals surface area contributed by atoms with Crippen LogP contribution in [0.3, 0.4) is 0 Å². The predicted molar refractivity (Wildman–Crippen MR) is 85.3 cm³/mol. The summed E-state index contributed by atoms with van der Waals surface area (Å²) in [5.74, 6) is -0.00555. The second-order valence-corrected chi connectivity index (χ2v) is 7.88. The Balaban J connectivity index is 2.33. The van der Waals surface area contributed by atoms with Crippen LogP contribution < -0.4 is 5.32 Å². The Labute approximate surface area is 134 Å². The first kappa shape index (κ1) is 16.3. The number of piperazine rings is 1. The van der Waals surface area contributed by atoms with Crippen molar-refractivity contribution in [2.45, 2.75) is 52.2 Å². The zero-order valence-electron chi connectivity index (χ0n) is 12.8. The summed E-state index contributed by atoms with van der Waals surface area (Å²) in [7, 11) is 0. The molecular formula is C15H21ClN2O2S. The van der Waals surface area contributed by atoms with Crippen LogP contribution in [0.25, 0.3) is 0 Å². The van der Waals surface area contributed by atoms with Gasteiger partial charge in [-0.2, -0.15) is 0 Å². The first-order valence-corrected chi connectivity index (χ1v) is 8.33. The fourth-order valence-corrected chi connectivity index (χ4v) is 3.71. The van der Waals surface area contributed by atoms with Gasteiger partial charge in [0.1, 0.15) is 11.6 Å². The summed E-state index contributed by atoms with van der Waals surface area (Å²) in [4.78, 5) is 27.8. The molecule has 2 heterocycles. The van der Waals surface area contributed by atoms with Crippen molar-refractivity contribution in [3.8, 4) is 0 Å². The highest BCUT2D eigenvalue weighted by atomic mass is 35.5. The summed E-state index contributed by atoms with van der Waals surface area (Å²) in [5.41, 5.74) is -0.859. The molecule has 1 aliphatic rings. The summed E-state index contributed by atoms with van der Waals surface area (Å²) in [5, 5.41) is 2.84. The van der Waals surface area contributed by atoms with Crippen LogP contribution in [0, 0.1) is 5.92 Å². The molecule has 1 aliphatic heterocycles. The Bertz CT molecular complexity index is 556. The number of amides is 2. The molecule has 6 heteroatoms. The van der Waals surface area contributed by atoms with Crippen molar-refractivity contribution in [1.82, 2.24) is 10.2 Å². The van der Waals surface area contributed by atoms with Crippen LogP contribution in [0.15, 0.2) is 12.1 Å². The maximum Gasteiger partial charge on any atom is 0.248 e. The Morgan fingerprint density at radius 3 is 2.62 bits per heavy atom. The molecule has 2 amide bonds. The van der Waals surface area contributed by atoms with Crippen molar-refractivity contribution < 1.29 is 9.59 Å². The SMILES string of the molecule is CCC(C)C1C(=O)NC(C)(C)C(=O)N1Cc1ccc(Cl)s1. The van der Waals surface area contributed by atoms with Crippen LogP contribution in [-0.2, 0) is 16.1 Å². The molecule has 0 bridgehead atoms. The van der Waals surface area contributed by atoms with Gasteiger partial charge in [-0.15, -0.1) is 11.3 Å². The van der Waals surface area contributed by atoms with E-state index in [1.54, 1.807) is 18.7 Å². The van der Waals surface area contributed by atoms with Gasteiger partial charge in [0.05, 0.1) is 10.9 Å². The van der Waals surface area contributed by atoms with E-state index in [2.05, 4.69) is 5.32 Å². The first-order chi connectivity index (χ1) is 9.76. The molecule has 2 rings (SSSR count). The second kappa shape index (κ2) is 5.97. The Morgan fingerprint density at radius 2 is 2.10 bits per heavy atom. The fourth-order valence-electron chi connectivity index (χ4n) is 2.63. The summed E-state index contributed by atoms with van der Waals surface area (Å²) < 4.78 is 0.693. The molecule has 1 fully saturated rings. The number of nitrogens with one attached hydrogen (secondary N) is 1. The van der Waals surface area contributed by atoms with E-state index in [9.17, 15) is 9.59 Å². The van der Waals surface area contributed by atoms with E-state index >= 15 is 0 Å². The zero-order chi connectivity index (χ0) is 15.8. The molecule has 1 N–H and O–H groups in total. The van der Waals surface area contributed by atoms with Gasteiger partial charge in [-0.25, -0.2) is 0 Å². The van der Waals surface area contributed by atoms with E-state index in [1.165, 1.54) is 11.3 Å². The topological polar surface area (TPSA) is 49.4 Å². The lowest BCUT2D eigenvalue weighted by atomic mass is 9.89. The van der Waals surface area contributed by atoms with Gasteiger partial charge in [-0.3, -0.25) is 9.59 Å². The third-order valence-corrected chi connectivity index (χ3v) is 5.19. The zero-order valence-corrected chi connectivity index (χ0v) is 14.3. The number of hydrogen-bond acceptors (Lipinski definition) is 3. The molecule has 2 atom stereocenters. The minimum Gasteiger partial charge on any atom is -0.340 e.